The van der Waals surface area contributed by atoms with Crippen LogP contribution in [0.25, 0.3) is 11.0 Å². The number of hydrogen-bond acceptors (Lipinski definition) is 3. The van der Waals surface area contributed by atoms with Gasteiger partial charge < -0.3 is 14.0 Å². The van der Waals surface area contributed by atoms with E-state index in [0.717, 1.165) is 35.4 Å². The molecule has 156 valence electrons. The largest absolute Gasteiger partial charge is 0.485 e. The van der Waals surface area contributed by atoms with Crippen molar-refractivity contribution in [2.75, 3.05) is 13.2 Å². The fourth-order valence-corrected chi connectivity index (χ4v) is 3.21. The smallest absolute Gasteiger partial charge is 0.416 e. The first-order valence-corrected chi connectivity index (χ1v) is 9.64. The topological polar surface area (TPSA) is 36.3 Å². The molecule has 0 N–H and O–H groups in total. The Morgan fingerprint density at radius 1 is 1.10 bits per heavy atom. The van der Waals surface area contributed by atoms with Crippen molar-refractivity contribution >= 4 is 11.0 Å². The van der Waals surface area contributed by atoms with Crippen molar-refractivity contribution in [1.29, 1.82) is 0 Å². The minimum absolute atomic E-state index is 0.176. The Morgan fingerprint density at radius 3 is 2.62 bits per heavy atom. The highest BCUT2D eigenvalue weighted by atomic mass is 19.4. The standard InChI is InChI=1S/C22H25F3N2O2/c1-4-28-12-6-11-27-19-10-9-17(22(23,24)25)13-18(19)26-21(27)14-29-20-8-5-7-15(2)16(20)3/h5,7-10,13H,4,6,11-12,14H2,1-3H3. The molecule has 0 aliphatic rings. The Labute approximate surface area is 168 Å². The summed E-state index contributed by atoms with van der Waals surface area (Å²) in [5.74, 6) is 1.34. The van der Waals surface area contributed by atoms with Crippen LogP contribution in [0.3, 0.4) is 0 Å². The van der Waals surface area contributed by atoms with Crippen LogP contribution in [0.2, 0.25) is 0 Å². The van der Waals surface area contributed by atoms with E-state index in [1.807, 2.05) is 43.5 Å². The molecule has 0 bridgehead atoms. The molecule has 0 spiro atoms. The number of aryl methyl sites for hydroxylation is 2. The van der Waals surface area contributed by atoms with Crippen LogP contribution >= 0.6 is 0 Å². The van der Waals surface area contributed by atoms with E-state index in [1.54, 1.807) is 0 Å². The molecule has 3 aromatic rings. The van der Waals surface area contributed by atoms with Crippen LogP contribution in [0.4, 0.5) is 13.2 Å². The molecule has 4 nitrogen and oxygen atoms in total. The lowest BCUT2D eigenvalue weighted by Crippen LogP contribution is -2.10. The van der Waals surface area contributed by atoms with Gasteiger partial charge in [-0.05, 0) is 62.6 Å². The van der Waals surface area contributed by atoms with Gasteiger partial charge in [0, 0.05) is 19.8 Å². The third-order valence-corrected chi connectivity index (χ3v) is 4.94. The molecule has 0 unspecified atom stereocenters. The number of hydrogen-bond donors (Lipinski definition) is 0. The van der Waals surface area contributed by atoms with Crippen molar-refractivity contribution in [1.82, 2.24) is 9.55 Å². The van der Waals surface area contributed by atoms with Crippen LogP contribution in [0, 0.1) is 13.8 Å². The van der Waals surface area contributed by atoms with Crippen molar-refractivity contribution < 1.29 is 22.6 Å². The fraction of sp³-hybridized carbons (Fsp3) is 0.409. The van der Waals surface area contributed by atoms with Crippen molar-refractivity contribution in [2.24, 2.45) is 0 Å². The highest BCUT2D eigenvalue weighted by Crippen LogP contribution is 2.32. The summed E-state index contributed by atoms with van der Waals surface area (Å²) in [5.41, 5.74) is 2.42. The molecule has 1 aromatic heterocycles. The highest BCUT2D eigenvalue weighted by Gasteiger charge is 2.31. The van der Waals surface area contributed by atoms with E-state index in [4.69, 9.17) is 9.47 Å². The van der Waals surface area contributed by atoms with Gasteiger partial charge in [0.1, 0.15) is 18.2 Å². The number of benzene rings is 2. The summed E-state index contributed by atoms with van der Waals surface area (Å²) >= 11 is 0. The second kappa shape index (κ2) is 8.86. The Balaban J connectivity index is 1.91. The van der Waals surface area contributed by atoms with Crippen LogP contribution in [0.1, 0.15) is 35.9 Å². The molecular weight excluding hydrogens is 381 g/mol. The summed E-state index contributed by atoms with van der Waals surface area (Å²) in [6, 6.07) is 9.47. The van der Waals surface area contributed by atoms with Crippen LogP contribution in [0.5, 0.6) is 5.75 Å². The molecule has 0 aliphatic heterocycles. The Morgan fingerprint density at radius 2 is 1.90 bits per heavy atom. The molecule has 0 saturated carbocycles. The van der Waals surface area contributed by atoms with E-state index >= 15 is 0 Å². The zero-order valence-corrected chi connectivity index (χ0v) is 16.8. The van der Waals surface area contributed by atoms with Gasteiger partial charge in [0.05, 0.1) is 16.6 Å². The first-order chi connectivity index (χ1) is 13.8. The van der Waals surface area contributed by atoms with E-state index in [-0.39, 0.29) is 6.61 Å². The molecule has 7 heteroatoms. The maximum atomic E-state index is 13.1. The van der Waals surface area contributed by atoms with Gasteiger partial charge >= 0.3 is 6.18 Å². The first kappa shape index (κ1) is 21.2. The molecule has 0 saturated heterocycles. The predicted molar refractivity (Wildman–Crippen MR) is 106 cm³/mol. The molecule has 1 heterocycles. The van der Waals surface area contributed by atoms with Crippen molar-refractivity contribution in [3.63, 3.8) is 0 Å². The second-order valence-corrected chi connectivity index (χ2v) is 6.92. The SMILES string of the molecule is CCOCCCn1c(COc2cccc(C)c2C)nc2cc(C(F)(F)F)ccc21. The van der Waals surface area contributed by atoms with Crippen LogP contribution in [-0.2, 0) is 24.1 Å². The van der Waals surface area contributed by atoms with Crippen molar-refractivity contribution in [2.45, 2.75) is 46.5 Å². The molecule has 3 rings (SSSR count). The number of fused-ring (bicyclic) bond motifs is 1. The van der Waals surface area contributed by atoms with Crippen LogP contribution in [-0.4, -0.2) is 22.8 Å². The summed E-state index contributed by atoms with van der Waals surface area (Å²) in [6.07, 6.45) is -3.67. The molecule has 0 aliphatic carbocycles. The quantitative estimate of drug-likeness (QED) is 0.452. The maximum absolute atomic E-state index is 13.1. The van der Waals surface area contributed by atoms with Gasteiger partial charge in [-0.2, -0.15) is 13.2 Å². The van der Waals surface area contributed by atoms with Gasteiger partial charge in [0.2, 0.25) is 0 Å². The van der Waals surface area contributed by atoms with Gasteiger partial charge in [-0.3, -0.25) is 0 Å². The van der Waals surface area contributed by atoms with Gasteiger partial charge in [0.25, 0.3) is 0 Å². The summed E-state index contributed by atoms with van der Waals surface area (Å²) < 4.78 is 52.5. The number of imidazole rings is 1. The van der Waals surface area contributed by atoms with Gasteiger partial charge in [-0.15, -0.1) is 0 Å². The molecule has 0 radical (unpaired) electrons. The fourth-order valence-electron chi connectivity index (χ4n) is 3.21. The zero-order chi connectivity index (χ0) is 21.0. The number of alkyl halides is 3. The lowest BCUT2D eigenvalue weighted by atomic mass is 10.1. The van der Waals surface area contributed by atoms with E-state index < -0.39 is 11.7 Å². The number of rotatable bonds is 8. The summed E-state index contributed by atoms with van der Waals surface area (Å²) in [7, 11) is 0. The van der Waals surface area contributed by atoms with E-state index in [2.05, 4.69) is 4.98 Å². The summed E-state index contributed by atoms with van der Waals surface area (Å²) in [4.78, 5) is 4.45. The average Bonchev–Trinajstić information content (AvgIpc) is 3.02. The summed E-state index contributed by atoms with van der Waals surface area (Å²) in [5, 5.41) is 0. The van der Waals surface area contributed by atoms with Gasteiger partial charge in [0.15, 0.2) is 0 Å². The molecule has 0 fully saturated rings. The number of aromatic nitrogens is 2. The van der Waals surface area contributed by atoms with Crippen molar-refractivity contribution in [3.05, 3.63) is 58.9 Å². The van der Waals surface area contributed by atoms with Gasteiger partial charge in [-0.1, -0.05) is 12.1 Å². The molecule has 0 atom stereocenters. The van der Waals surface area contributed by atoms with E-state index in [1.165, 1.54) is 6.07 Å². The zero-order valence-electron chi connectivity index (χ0n) is 16.8. The third-order valence-electron chi connectivity index (χ3n) is 4.94. The minimum atomic E-state index is -4.40. The monoisotopic (exact) mass is 406 g/mol. The molecular formula is C22H25F3N2O2. The highest BCUT2D eigenvalue weighted by molar-refractivity contribution is 5.77. The summed E-state index contributed by atoms with van der Waals surface area (Å²) in [6.45, 7) is 7.88. The Hall–Kier alpha value is -2.54. The Bertz CT molecular complexity index is 980. The maximum Gasteiger partial charge on any atom is 0.416 e. The average molecular weight is 406 g/mol. The lowest BCUT2D eigenvalue weighted by Gasteiger charge is -2.13. The minimum Gasteiger partial charge on any atom is -0.485 e. The van der Waals surface area contributed by atoms with Gasteiger partial charge in [-0.25, -0.2) is 4.98 Å². The van der Waals surface area contributed by atoms with E-state index in [0.29, 0.717) is 36.6 Å². The second-order valence-electron chi connectivity index (χ2n) is 6.92. The predicted octanol–water partition coefficient (Wildman–Crippen LogP) is 5.68. The number of ether oxygens (including phenoxy) is 2. The Kier molecular flexibility index (Phi) is 6.47. The van der Waals surface area contributed by atoms with Crippen LogP contribution < -0.4 is 4.74 Å². The molecule has 29 heavy (non-hydrogen) atoms. The molecule has 2 aromatic carbocycles. The normalized spacial score (nSPS) is 11.9. The van der Waals surface area contributed by atoms with Crippen LogP contribution in [0.15, 0.2) is 36.4 Å². The number of halogens is 3. The lowest BCUT2D eigenvalue weighted by molar-refractivity contribution is -0.137. The third kappa shape index (κ3) is 4.90. The van der Waals surface area contributed by atoms with E-state index in [9.17, 15) is 13.2 Å². The van der Waals surface area contributed by atoms with Crippen molar-refractivity contribution in [3.8, 4) is 5.75 Å². The first-order valence-electron chi connectivity index (χ1n) is 9.64. The molecule has 0 amide bonds. The number of nitrogens with zero attached hydrogens (tertiary/aromatic N) is 2.